The molecule has 2 aromatic carbocycles. The highest BCUT2D eigenvalue weighted by atomic mass is 79.9. The zero-order chi connectivity index (χ0) is 12.7. The standard InChI is InChI=1S/C13H7BrCl2N2/c14-8-5-10(16)12-11(6-8)17-13(18-12)7-1-3-9(15)4-2-7/h1-6H,(H,17,18). The predicted octanol–water partition coefficient (Wildman–Crippen LogP) is 5.30. The normalized spacial score (nSPS) is 11.1. The predicted molar refractivity (Wildman–Crippen MR) is 79.2 cm³/mol. The van der Waals surface area contributed by atoms with Crippen LogP contribution < -0.4 is 0 Å². The lowest BCUT2D eigenvalue weighted by atomic mass is 10.2. The van der Waals surface area contributed by atoms with Crippen LogP contribution in [-0.4, -0.2) is 9.97 Å². The Morgan fingerprint density at radius 1 is 1.06 bits per heavy atom. The van der Waals surface area contributed by atoms with Gasteiger partial charge in [-0.15, -0.1) is 0 Å². The lowest BCUT2D eigenvalue weighted by Crippen LogP contribution is -1.78. The molecule has 0 saturated heterocycles. The first-order valence-electron chi connectivity index (χ1n) is 5.24. The number of aromatic amines is 1. The highest BCUT2D eigenvalue weighted by Crippen LogP contribution is 2.29. The van der Waals surface area contributed by atoms with Gasteiger partial charge in [0.25, 0.3) is 0 Å². The van der Waals surface area contributed by atoms with Crippen molar-refractivity contribution < 1.29 is 0 Å². The van der Waals surface area contributed by atoms with Gasteiger partial charge >= 0.3 is 0 Å². The Bertz CT molecular complexity index is 720. The largest absolute Gasteiger partial charge is 0.338 e. The van der Waals surface area contributed by atoms with Crippen LogP contribution in [0, 0.1) is 0 Å². The summed E-state index contributed by atoms with van der Waals surface area (Å²) in [6.45, 7) is 0. The summed E-state index contributed by atoms with van der Waals surface area (Å²) in [7, 11) is 0. The number of fused-ring (bicyclic) bond motifs is 1. The van der Waals surface area contributed by atoms with Crippen LogP contribution in [0.5, 0.6) is 0 Å². The topological polar surface area (TPSA) is 28.7 Å². The Balaban J connectivity index is 2.19. The Labute approximate surface area is 122 Å². The molecule has 90 valence electrons. The second kappa shape index (κ2) is 4.57. The van der Waals surface area contributed by atoms with E-state index in [0.717, 1.165) is 26.9 Å². The number of hydrogen-bond acceptors (Lipinski definition) is 1. The number of nitrogens with zero attached hydrogens (tertiary/aromatic N) is 1. The molecule has 0 fully saturated rings. The Kier molecular flexibility index (Phi) is 3.06. The van der Waals surface area contributed by atoms with Crippen LogP contribution in [0.1, 0.15) is 0 Å². The second-order valence-electron chi connectivity index (χ2n) is 3.88. The van der Waals surface area contributed by atoms with Gasteiger partial charge in [0.05, 0.1) is 10.5 Å². The van der Waals surface area contributed by atoms with Gasteiger partial charge in [0, 0.05) is 15.1 Å². The molecule has 1 aromatic heterocycles. The van der Waals surface area contributed by atoms with E-state index in [-0.39, 0.29) is 0 Å². The number of nitrogens with one attached hydrogen (secondary N) is 1. The van der Waals surface area contributed by atoms with Gasteiger partial charge in [0.1, 0.15) is 11.3 Å². The molecule has 5 heteroatoms. The fourth-order valence-corrected chi connectivity index (χ4v) is 2.76. The summed E-state index contributed by atoms with van der Waals surface area (Å²) in [6, 6.07) is 11.3. The molecule has 2 nitrogen and oxygen atoms in total. The fraction of sp³-hybridized carbons (Fsp3) is 0. The first-order chi connectivity index (χ1) is 8.63. The lowest BCUT2D eigenvalue weighted by Gasteiger charge is -1.95. The van der Waals surface area contributed by atoms with Crippen LogP contribution >= 0.6 is 39.1 Å². The Hall–Kier alpha value is -1.03. The van der Waals surface area contributed by atoms with Crippen molar-refractivity contribution in [3.05, 3.63) is 50.9 Å². The number of H-pyrrole nitrogens is 1. The molecule has 0 unspecified atom stereocenters. The molecule has 0 spiro atoms. The number of rotatable bonds is 1. The number of aromatic nitrogens is 2. The molecular weight excluding hydrogens is 335 g/mol. The van der Waals surface area contributed by atoms with Gasteiger partial charge in [-0.05, 0) is 36.4 Å². The van der Waals surface area contributed by atoms with E-state index in [1.54, 1.807) is 0 Å². The summed E-state index contributed by atoms with van der Waals surface area (Å²) < 4.78 is 0.923. The lowest BCUT2D eigenvalue weighted by molar-refractivity contribution is 1.34. The van der Waals surface area contributed by atoms with Crippen molar-refractivity contribution in [1.82, 2.24) is 9.97 Å². The fourth-order valence-electron chi connectivity index (χ4n) is 1.79. The van der Waals surface area contributed by atoms with Crippen LogP contribution in [0.2, 0.25) is 10.0 Å². The smallest absolute Gasteiger partial charge is 0.138 e. The molecule has 1 heterocycles. The summed E-state index contributed by atoms with van der Waals surface area (Å²) in [5.74, 6) is 0.779. The van der Waals surface area contributed by atoms with Crippen LogP contribution in [0.25, 0.3) is 22.4 Å². The van der Waals surface area contributed by atoms with Crippen LogP contribution in [0.3, 0.4) is 0 Å². The maximum absolute atomic E-state index is 6.15. The highest BCUT2D eigenvalue weighted by molar-refractivity contribution is 9.10. The third-order valence-electron chi connectivity index (χ3n) is 2.62. The molecule has 0 aliphatic rings. The quantitative estimate of drug-likeness (QED) is 0.639. The number of benzene rings is 2. The van der Waals surface area contributed by atoms with Crippen molar-refractivity contribution in [2.45, 2.75) is 0 Å². The number of halogens is 3. The van der Waals surface area contributed by atoms with E-state index in [4.69, 9.17) is 23.2 Å². The zero-order valence-corrected chi connectivity index (χ0v) is 12.1. The zero-order valence-electron chi connectivity index (χ0n) is 9.05. The van der Waals surface area contributed by atoms with E-state index in [1.807, 2.05) is 36.4 Å². The van der Waals surface area contributed by atoms with Crippen LogP contribution in [-0.2, 0) is 0 Å². The van der Waals surface area contributed by atoms with Gasteiger partial charge in [0.15, 0.2) is 0 Å². The molecule has 0 aliphatic heterocycles. The summed E-state index contributed by atoms with van der Waals surface area (Å²) in [5.41, 5.74) is 2.65. The third kappa shape index (κ3) is 2.14. The molecule has 0 amide bonds. The summed E-state index contributed by atoms with van der Waals surface area (Å²) in [6.07, 6.45) is 0. The minimum Gasteiger partial charge on any atom is -0.338 e. The van der Waals surface area contributed by atoms with Crippen LogP contribution in [0.4, 0.5) is 0 Å². The number of hydrogen-bond donors (Lipinski definition) is 1. The van der Waals surface area contributed by atoms with Crippen molar-refractivity contribution in [1.29, 1.82) is 0 Å². The molecule has 0 aliphatic carbocycles. The van der Waals surface area contributed by atoms with E-state index in [9.17, 15) is 0 Å². The van der Waals surface area contributed by atoms with E-state index < -0.39 is 0 Å². The summed E-state index contributed by atoms with van der Waals surface area (Å²) in [5, 5.41) is 1.33. The minimum absolute atomic E-state index is 0.621. The third-order valence-corrected chi connectivity index (χ3v) is 3.62. The van der Waals surface area contributed by atoms with Crippen molar-refractivity contribution in [2.75, 3.05) is 0 Å². The summed E-state index contributed by atoms with van der Waals surface area (Å²) >= 11 is 15.4. The molecule has 3 aromatic rings. The molecule has 18 heavy (non-hydrogen) atoms. The molecular formula is C13H7BrCl2N2. The monoisotopic (exact) mass is 340 g/mol. The van der Waals surface area contributed by atoms with Crippen LogP contribution in [0.15, 0.2) is 40.9 Å². The van der Waals surface area contributed by atoms with E-state index in [1.165, 1.54) is 0 Å². The van der Waals surface area contributed by atoms with E-state index >= 15 is 0 Å². The molecule has 3 rings (SSSR count). The van der Waals surface area contributed by atoms with Crippen molar-refractivity contribution in [2.24, 2.45) is 0 Å². The van der Waals surface area contributed by atoms with Crippen molar-refractivity contribution >= 4 is 50.2 Å². The first kappa shape index (κ1) is 12.0. The van der Waals surface area contributed by atoms with E-state index in [2.05, 4.69) is 25.9 Å². The van der Waals surface area contributed by atoms with Gasteiger partial charge < -0.3 is 4.98 Å². The van der Waals surface area contributed by atoms with Gasteiger partial charge in [0.2, 0.25) is 0 Å². The van der Waals surface area contributed by atoms with Gasteiger partial charge in [-0.2, -0.15) is 0 Å². The van der Waals surface area contributed by atoms with Gasteiger partial charge in [-0.1, -0.05) is 39.1 Å². The van der Waals surface area contributed by atoms with Crippen molar-refractivity contribution in [3.8, 4) is 11.4 Å². The van der Waals surface area contributed by atoms with Gasteiger partial charge in [-0.3, -0.25) is 0 Å². The van der Waals surface area contributed by atoms with E-state index in [0.29, 0.717) is 10.0 Å². The number of imidazole rings is 1. The van der Waals surface area contributed by atoms with Crippen molar-refractivity contribution in [3.63, 3.8) is 0 Å². The SMILES string of the molecule is Clc1ccc(-c2nc3c(Cl)cc(Br)cc3[nH]2)cc1. The first-order valence-corrected chi connectivity index (χ1v) is 6.79. The van der Waals surface area contributed by atoms with Gasteiger partial charge in [-0.25, -0.2) is 4.98 Å². The second-order valence-corrected chi connectivity index (χ2v) is 5.64. The minimum atomic E-state index is 0.621. The maximum Gasteiger partial charge on any atom is 0.138 e. The molecule has 0 bridgehead atoms. The molecule has 0 radical (unpaired) electrons. The molecule has 1 N–H and O–H groups in total. The molecule has 0 atom stereocenters. The maximum atomic E-state index is 6.15. The summed E-state index contributed by atoms with van der Waals surface area (Å²) in [4.78, 5) is 7.75. The Morgan fingerprint density at radius 2 is 1.78 bits per heavy atom. The average Bonchev–Trinajstić information content (AvgIpc) is 2.74. The molecule has 0 saturated carbocycles. The average molecular weight is 342 g/mol. The Morgan fingerprint density at radius 3 is 2.50 bits per heavy atom. The highest BCUT2D eigenvalue weighted by Gasteiger charge is 2.09.